The van der Waals surface area contributed by atoms with Gasteiger partial charge in [0.2, 0.25) is 5.95 Å². The van der Waals surface area contributed by atoms with E-state index in [2.05, 4.69) is 37.6 Å². The Bertz CT molecular complexity index is 962. The Morgan fingerprint density at radius 1 is 1.00 bits per heavy atom. The number of morpholine rings is 1. The minimum atomic E-state index is 0.566. The second-order valence-electron chi connectivity index (χ2n) is 7.22. The van der Waals surface area contributed by atoms with E-state index in [1.807, 2.05) is 42.5 Å². The van der Waals surface area contributed by atoms with Crippen molar-refractivity contribution in [2.75, 3.05) is 50.0 Å². The summed E-state index contributed by atoms with van der Waals surface area (Å²) in [6, 6.07) is 17.9. The first-order valence-corrected chi connectivity index (χ1v) is 10.6. The molecule has 30 heavy (non-hydrogen) atoms. The maximum atomic E-state index is 6.13. The molecule has 0 aliphatic carbocycles. The highest BCUT2D eigenvalue weighted by molar-refractivity contribution is 6.30. The molecule has 4 rings (SSSR count). The Balaban J connectivity index is 1.33. The van der Waals surface area contributed by atoms with Gasteiger partial charge in [0.1, 0.15) is 5.82 Å². The summed E-state index contributed by atoms with van der Waals surface area (Å²) in [6.07, 6.45) is 2.83. The molecule has 0 bridgehead atoms. The second kappa shape index (κ2) is 10.4. The number of nitrogens with zero attached hydrogens (tertiary/aromatic N) is 3. The molecule has 2 aromatic carbocycles. The van der Waals surface area contributed by atoms with Crippen LogP contribution in [0, 0.1) is 0 Å². The maximum absolute atomic E-state index is 6.13. The number of ether oxygens (including phenoxy) is 1. The first kappa shape index (κ1) is 20.6. The third-order valence-electron chi connectivity index (χ3n) is 4.99. The van der Waals surface area contributed by atoms with E-state index in [9.17, 15) is 0 Å². The largest absolute Gasteiger partial charge is 0.379 e. The predicted octanol–water partition coefficient (Wildman–Crippen LogP) is 4.67. The van der Waals surface area contributed by atoms with Crippen molar-refractivity contribution in [1.82, 2.24) is 14.9 Å². The zero-order valence-electron chi connectivity index (χ0n) is 16.9. The van der Waals surface area contributed by atoms with Gasteiger partial charge in [-0.15, -0.1) is 0 Å². The zero-order valence-corrected chi connectivity index (χ0v) is 17.6. The molecular formula is C23H26ClN5O. The smallest absolute Gasteiger partial charge is 0.229 e. The van der Waals surface area contributed by atoms with Crippen molar-refractivity contribution in [2.45, 2.75) is 6.42 Å². The molecule has 3 aromatic rings. The van der Waals surface area contributed by atoms with Crippen molar-refractivity contribution in [2.24, 2.45) is 0 Å². The van der Waals surface area contributed by atoms with Crippen molar-refractivity contribution in [3.05, 3.63) is 65.8 Å². The highest BCUT2D eigenvalue weighted by Crippen LogP contribution is 2.26. The molecule has 0 saturated carbocycles. The van der Waals surface area contributed by atoms with Crippen LogP contribution in [0.1, 0.15) is 6.42 Å². The monoisotopic (exact) mass is 423 g/mol. The summed E-state index contributed by atoms with van der Waals surface area (Å²) in [5, 5.41) is 7.41. The van der Waals surface area contributed by atoms with Crippen molar-refractivity contribution >= 4 is 29.1 Å². The molecule has 0 amide bonds. The highest BCUT2D eigenvalue weighted by atomic mass is 35.5. The molecule has 1 aliphatic rings. The summed E-state index contributed by atoms with van der Waals surface area (Å²) in [5.41, 5.74) is 3.08. The van der Waals surface area contributed by atoms with Crippen LogP contribution < -0.4 is 10.6 Å². The lowest BCUT2D eigenvalue weighted by Gasteiger charge is -2.26. The van der Waals surface area contributed by atoms with Crippen molar-refractivity contribution < 1.29 is 4.74 Å². The summed E-state index contributed by atoms with van der Waals surface area (Å²) in [7, 11) is 0. The minimum absolute atomic E-state index is 0.566. The van der Waals surface area contributed by atoms with E-state index in [-0.39, 0.29) is 0 Å². The molecule has 0 radical (unpaired) electrons. The Hall–Kier alpha value is -2.67. The Morgan fingerprint density at radius 3 is 2.63 bits per heavy atom. The molecule has 156 valence electrons. The number of benzene rings is 2. The van der Waals surface area contributed by atoms with Gasteiger partial charge in [-0.2, -0.15) is 4.98 Å². The lowest BCUT2D eigenvalue weighted by molar-refractivity contribution is 0.0378. The van der Waals surface area contributed by atoms with Crippen LogP contribution in [-0.4, -0.2) is 54.3 Å². The van der Waals surface area contributed by atoms with Crippen LogP contribution in [0.3, 0.4) is 0 Å². The van der Waals surface area contributed by atoms with Crippen LogP contribution in [0.5, 0.6) is 0 Å². The number of nitrogens with one attached hydrogen (secondary N) is 2. The average molecular weight is 424 g/mol. The fraction of sp³-hybridized carbons (Fsp3) is 0.304. The Morgan fingerprint density at radius 2 is 1.80 bits per heavy atom. The summed E-state index contributed by atoms with van der Waals surface area (Å²) in [4.78, 5) is 11.4. The zero-order chi connectivity index (χ0) is 20.6. The lowest BCUT2D eigenvalue weighted by atomic mass is 10.1. The number of halogens is 1. The Labute approximate surface area is 182 Å². The van der Waals surface area contributed by atoms with E-state index in [0.717, 1.165) is 73.5 Å². The van der Waals surface area contributed by atoms with Crippen LogP contribution in [0.25, 0.3) is 11.1 Å². The molecule has 2 heterocycles. The van der Waals surface area contributed by atoms with Crippen molar-refractivity contribution in [3.8, 4) is 11.1 Å². The van der Waals surface area contributed by atoms with Gasteiger partial charge in [-0.1, -0.05) is 35.9 Å². The SMILES string of the molecule is Clc1cccc(-c2cccc(Nc3nccc(NCCCN4CCOCC4)n3)c2)c1. The minimum Gasteiger partial charge on any atom is -0.379 e. The molecule has 0 spiro atoms. The van der Waals surface area contributed by atoms with Crippen molar-refractivity contribution in [1.29, 1.82) is 0 Å². The van der Waals surface area contributed by atoms with Gasteiger partial charge in [0.05, 0.1) is 13.2 Å². The fourth-order valence-corrected chi connectivity index (χ4v) is 3.63. The quantitative estimate of drug-likeness (QED) is 0.513. The van der Waals surface area contributed by atoms with E-state index >= 15 is 0 Å². The number of anilines is 3. The molecule has 1 saturated heterocycles. The normalized spacial score (nSPS) is 14.4. The van der Waals surface area contributed by atoms with Gasteiger partial charge in [0, 0.05) is 36.5 Å². The van der Waals surface area contributed by atoms with Gasteiger partial charge < -0.3 is 15.4 Å². The van der Waals surface area contributed by atoms with Gasteiger partial charge in [-0.25, -0.2) is 4.98 Å². The van der Waals surface area contributed by atoms with Gasteiger partial charge >= 0.3 is 0 Å². The van der Waals surface area contributed by atoms with Crippen LogP contribution in [-0.2, 0) is 4.74 Å². The predicted molar refractivity (Wildman–Crippen MR) is 123 cm³/mol. The van der Waals surface area contributed by atoms with Gasteiger partial charge in [-0.05, 0) is 54.4 Å². The third-order valence-corrected chi connectivity index (χ3v) is 5.23. The third kappa shape index (κ3) is 5.92. The number of hydrogen-bond acceptors (Lipinski definition) is 6. The summed E-state index contributed by atoms with van der Waals surface area (Å²) in [6.45, 7) is 5.67. The first-order chi connectivity index (χ1) is 14.8. The van der Waals surface area contributed by atoms with Crippen LogP contribution >= 0.6 is 11.6 Å². The van der Waals surface area contributed by atoms with Crippen molar-refractivity contribution in [3.63, 3.8) is 0 Å². The number of hydrogen-bond donors (Lipinski definition) is 2. The summed E-state index contributed by atoms with van der Waals surface area (Å²) < 4.78 is 5.39. The second-order valence-corrected chi connectivity index (χ2v) is 7.65. The van der Waals surface area contributed by atoms with E-state index in [4.69, 9.17) is 16.3 Å². The molecular weight excluding hydrogens is 398 g/mol. The molecule has 1 fully saturated rings. The molecule has 1 aromatic heterocycles. The van der Waals surface area contributed by atoms with Crippen LogP contribution in [0.4, 0.5) is 17.5 Å². The molecule has 1 aliphatic heterocycles. The number of rotatable bonds is 8. The topological polar surface area (TPSA) is 62.3 Å². The molecule has 7 heteroatoms. The van der Waals surface area contributed by atoms with E-state index in [1.165, 1.54) is 0 Å². The Kier molecular flexibility index (Phi) is 7.13. The molecule has 6 nitrogen and oxygen atoms in total. The highest BCUT2D eigenvalue weighted by Gasteiger charge is 2.09. The fourth-order valence-electron chi connectivity index (χ4n) is 3.43. The van der Waals surface area contributed by atoms with Gasteiger partial charge in [-0.3, -0.25) is 4.90 Å². The van der Waals surface area contributed by atoms with Crippen LogP contribution in [0.15, 0.2) is 60.8 Å². The van der Waals surface area contributed by atoms with E-state index in [1.54, 1.807) is 6.20 Å². The van der Waals surface area contributed by atoms with Gasteiger partial charge in [0.15, 0.2) is 0 Å². The van der Waals surface area contributed by atoms with Gasteiger partial charge in [0.25, 0.3) is 0 Å². The average Bonchev–Trinajstić information content (AvgIpc) is 2.78. The maximum Gasteiger partial charge on any atom is 0.229 e. The number of aromatic nitrogens is 2. The first-order valence-electron chi connectivity index (χ1n) is 10.3. The summed E-state index contributed by atoms with van der Waals surface area (Å²) in [5.74, 6) is 1.39. The summed E-state index contributed by atoms with van der Waals surface area (Å²) >= 11 is 6.13. The van der Waals surface area contributed by atoms with Crippen LogP contribution in [0.2, 0.25) is 5.02 Å². The van der Waals surface area contributed by atoms with E-state index < -0.39 is 0 Å². The molecule has 2 N–H and O–H groups in total. The standard InChI is InChI=1S/C23H26ClN5O/c24-20-6-1-4-18(16-20)19-5-2-7-21(17-19)27-23-26-10-8-22(28-23)25-9-3-11-29-12-14-30-15-13-29/h1-2,4-8,10,16-17H,3,9,11-15H2,(H2,25,26,27,28). The lowest BCUT2D eigenvalue weighted by Crippen LogP contribution is -2.37. The molecule has 0 atom stereocenters. The molecule has 0 unspecified atom stereocenters. The van der Waals surface area contributed by atoms with E-state index in [0.29, 0.717) is 5.95 Å².